The number of hydrogen-bond acceptors (Lipinski definition) is 7. The third-order valence-corrected chi connectivity index (χ3v) is 7.75. The number of carbonyl (C=O) groups is 1. The average molecular weight is 475 g/mol. The van der Waals surface area contributed by atoms with Crippen molar-refractivity contribution < 1.29 is 34.3 Å². The van der Waals surface area contributed by atoms with Crippen LogP contribution >= 0.6 is 0 Å². The first-order valence-electron chi connectivity index (χ1n) is 12.4. The van der Waals surface area contributed by atoms with Crippen LogP contribution in [-0.2, 0) is 14.3 Å². The molecule has 0 radical (unpaired) electrons. The molecule has 188 valence electrons. The van der Waals surface area contributed by atoms with Crippen LogP contribution < -0.4 is 4.74 Å². The number of rotatable bonds is 4. The Hall–Kier alpha value is -2.09. The number of ether oxygens (including phenoxy) is 3. The van der Waals surface area contributed by atoms with Crippen molar-refractivity contribution in [2.24, 2.45) is 5.92 Å². The summed E-state index contributed by atoms with van der Waals surface area (Å²) in [5, 5.41) is 32.4. The third kappa shape index (κ3) is 4.34. The number of phenols is 1. The number of aromatic hydroxyl groups is 1. The van der Waals surface area contributed by atoms with Gasteiger partial charge in [0.2, 0.25) is 6.29 Å². The fourth-order valence-electron chi connectivity index (χ4n) is 6.23. The number of aliphatic hydroxyl groups is 2. The van der Waals surface area contributed by atoms with Crippen molar-refractivity contribution >= 4 is 5.97 Å². The van der Waals surface area contributed by atoms with Gasteiger partial charge in [0.15, 0.2) is 23.7 Å². The van der Waals surface area contributed by atoms with Gasteiger partial charge in [0.25, 0.3) is 0 Å². The summed E-state index contributed by atoms with van der Waals surface area (Å²) in [6.07, 6.45) is 0.507. The first kappa shape index (κ1) is 25.0. The topological polar surface area (TPSA) is 105 Å². The Balaban J connectivity index is 1.80. The lowest BCUT2D eigenvalue weighted by molar-refractivity contribution is -0.249. The average Bonchev–Trinajstić information content (AvgIpc) is 2.75. The van der Waals surface area contributed by atoms with E-state index in [1.54, 1.807) is 0 Å². The lowest BCUT2D eigenvalue weighted by Gasteiger charge is -2.44. The molecule has 3 aliphatic rings. The Bertz CT molecular complexity index is 980. The molecular formula is C27H38O7. The maximum atomic E-state index is 11.5. The predicted molar refractivity (Wildman–Crippen MR) is 127 cm³/mol. The van der Waals surface area contributed by atoms with Crippen LogP contribution in [0.2, 0.25) is 0 Å². The number of phenolic OH excluding ortho intramolecular Hbond substituents is 1. The Morgan fingerprint density at radius 3 is 2.44 bits per heavy atom. The van der Waals surface area contributed by atoms with Crippen molar-refractivity contribution in [3.8, 4) is 11.5 Å². The Morgan fingerprint density at radius 1 is 1.09 bits per heavy atom. The van der Waals surface area contributed by atoms with Crippen molar-refractivity contribution in [2.45, 2.75) is 103 Å². The van der Waals surface area contributed by atoms with Gasteiger partial charge in [-0.3, -0.25) is 4.79 Å². The zero-order valence-electron chi connectivity index (χ0n) is 21.0. The van der Waals surface area contributed by atoms with Gasteiger partial charge in [-0.1, -0.05) is 25.5 Å². The fourth-order valence-corrected chi connectivity index (χ4v) is 6.23. The van der Waals surface area contributed by atoms with Gasteiger partial charge in [-0.15, -0.1) is 0 Å². The van der Waals surface area contributed by atoms with Gasteiger partial charge < -0.3 is 29.5 Å². The summed E-state index contributed by atoms with van der Waals surface area (Å²) in [6, 6.07) is 0. The van der Waals surface area contributed by atoms with Gasteiger partial charge >= 0.3 is 5.97 Å². The van der Waals surface area contributed by atoms with Crippen molar-refractivity contribution in [3.63, 3.8) is 0 Å². The van der Waals surface area contributed by atoms with E-state index in [0.717, 1.165) is 30.4 Å². The molecule has 7 heteroatoms. The van der Waals surface area contributed by atoms with Gasteiger partial charge in [-0.25, -0.2) is 0 Å². The van der Waals surface area contributed by atoms with Crippen LogP contribution in [0.15, 0.2) is 11.6 Å². The standard InChI is InChI=1S/C27H38O7/c1-12(2)9-17-10-14(4)18-8-7-13(3)20-22(18)21(17)15(5)23(30)26(20)34-27-24(31)25(33-16(6)28)19(29)11-32-27/h9,13-14,17-19,24-25,27,29-31H,7-8,10-11H2,1-6H3/t13-,14-,17-,18+,19?,24?,25?,27?/m0/s1. The van der Waals surface area contributed by atoms with E-state index in [1.165, 1.54) is 23.6 Å². The highest BCUT2D eigenvalue weighted by Crippen LogP contribution is 2.58. The van der Waals surface area contributed by atoms with Crippen molar-refractivity contribution in [1.82, 2.24) is 0 Å². The summed E-state index contributed by atoms with van der Waals surface area (Å²) in [7, 11) is 0. The first-order valence-corrected chi connectivity index (χ1v) is 12.4. The maximum Gasteiger partial charge on any atom is 0.303 e. The summed E-state index contributed by atoms with van der Waals surface area (Å²) in [6.45, 7) is 11.7. The predicted octanol–water partition coefficient (Wildman–Crippen LogP) is 4.16. The minimum absolute atomic E-state index is 0.0638. The van der Waals surface area contributed by atoms with Gasteiger partial charge in [-0.05, 0) is 74.5 Å². The van der Waals surface area contributed by atoms with Crippen LogP contribution in [0.3, 0.4) is 0 Å². The monoisotopic (exact) mass is 474 g/mol. The van der Waals surface area contributed by atoms with E-state index >= 15 is 0 Å². The quantitative estimate of drug-likeness (QED) is 0.444. The Kier molecular flexibility index (Phi) is 7.00. The molecule has 3 N–H and O–H groups in total. The van der Waals surface area contributed by atoms with E-state index < -0.39 is 30.6 Å². The number of carbonyl (C=O) groups excluding carboxylic acids is 1. The Morgan fingerprint density at radius 2 is 1.79 bits per heavy atom. The highest BCUT2D eigenvalue weighted by Gasteiger charge is 2.45. The number of aliphatic hydroxyl groups excluding tert-OH is 2. The lowest BCUT2D eigenvalue weighted by Crippen LogP contribution is -2.56. The summed E-state index contributed by atoms with van der Waals surface area (Å²) >= 11 is 0. The van der Waals surface area contributed by atoms with Crippen LogP contribution in [0.5, 0.6) is 11.5 Å². The molecule has 2 aliphatic carbocycles. The van der Waals surface area contributed by atoms with E-state index in [0.29, 0.717) is 17.6 Å². The van der Waals surface area contributed by atoms with Crippen LogP contribution in [0.4, 0.5) is 0 Å². The normalized spacial score (nSPS) is 34.7. The number of hydrogen-bond donors (Lipinski definition) is 3. The molecule has 0 saturated carbocycles. The summed E-state index contributed by atoms with van der Waals surface area (Å²) in [5.74, 6) is 1.07. The van der Waals surface area contributed by atoms with Crippen LogP contribution in [0, 0.1) is 12.8 Å². The van der Waals surface area contributed by atoms with Gasteiger partial charge in [0.1, 0.15) is 6.10 Å². The second-order valence-electron chi connectivity index (χ2n) is 10.6. The molecule has 1 saturated heterocycles. The minimum Gasteiger partial charge on any atom is -0.504 e. The second-order valence-corrected chi connectivity index (χ2v) is 10.6. The molecule has 7 nitrogen and oxygen atoms in total. The lowest BCUT2D eigenvalue weighted by atomic mass is 9.62. The van der Waals surface area contributed by atoms with Gasteiger partial charge in [0.05, 0.1) is 6.61 Å². The van der Waals surface area contributed by atoms with Gasteiger partial charge in [0, 0.05) is 18.4 Å². The van der Waals surface area contributed by atoms with E-state index in [4.69, 9.17) is 14.2 Å². The molecule has 1 aromatic rings. The van der Waals surface area contributed by atoms with Crippen LogP contribution in [-0.4, -0.2) is 52.5 Å². The maximum absolute atomic E-state index is 11.5. The molecule has 4 unspecified atom stereocenters. The number of esters is 1. The minimum atomic E-state index is -1.40. The number of benzene rings is 1. The zero-order valence-corrected chi connectivity index (χ0v) is 21.0. The molecule has 0 aromatic heterocycles. The number of allylic oxidation sites excluding steroid dienone is 2. The third-order valence-electron chi connectivity index (χ3n) is 7.75. The van der Waals surface area contributed by atoms with E-state index in [2.05, 4.69) is 33.8 Å². The highest BCUT2D eigenvalue weighted by molar-refractivity contribution is 5.66. The molecule has 1 fully saturated rings. The molecule has 8 atom stereocenters. The first-order chi connectivity index (χ1) is 16.0. The fraction of sp³-hybridized carbons (Fsp3) is 0.667. The molecule has 4 rings (SSSR count). The van der Waals surface area contributed by atoms with E-state index in [-0.39, 0.29) is 24.2 Å². The highest BCUT2D eigenvalue weighted by atomic mass is 16.7. The largest absolute Gasteiger partial charge is 0.504 e. The van der Waals surface area contributed by atoms with E-state index in [1.807, 2.05) is 6.92 Å². The smallest absolute Gasteiger partial charge is 0.303 e. The molecule has 0 amide bonds. The molecule has 0 spiro atoms. The van der Waals surface area contributed by atoms with Crippen LogP contribution in [0.25, 0.3) is 0 Å². The van der Waals surface area contributed by atoms with Crippen molar-refractivity contribution in [1.29, 1.82) is 0 Å². The van der Waals surface area contributed by atoms with E-state index in [9.17, 15) is 20.1 Å². The van der Waals surface area contributed by atoms with Crippen LogP contribution in [0.1, 0.15) is 93.9 Å². The second kappa shape index (κ2) is 9.51. The molecule has 0 bridgehead atoms. The summed E-state index contributed by atoms with van der Waals surface area (Å²) in [4.78, 5) is 11.5. The molecule has 1 aromatic carbocycles. The van der Waals surface area contributed by atoms with Gasteiger partial charge in [-0.2, -0.15) is 0 Å². The molecule has 34 heavy (non-hydrogen) atoms. The SMILES string of the molecule is CC(=O)OC1C(O)COC(Oc2c(O)c(C)c3c4c2[C@@H](C)CC[C@@H]4[C@@H](C)C[C@@H]3C=C(C)C)C1O. The van der Waals surface area contributed by atoms with Crippen molar-refractivity contribution in [3.05, 3.63) is 33.9 Å². The zero-order chi connectivity index (χ0) is 24.9. The molecular weight excluding hydrogens is 436 g/mol. The Labute approximate surface area is 201 Å². The summed E-state index contributed by atoms with van der Waals surface area (Å²) < 4.78 is 16.9. The van der Waals surface area contributed by atoms with Crippen molar-refractivity contribution in [2.75, 3.05) is 6.61 Å². The summed E-state index contributed by atoms with van der Waals surface area (Å²) in [5.41, 5.74) is 5.51. The molecule has 1 aliphatic heterocycles. The molecule has 1 heterocycles.